The van der Waals surface area contributed by atoms with Crippen LogP contribution in [0.3, 0.4) is 0 Å². The van der Waals surface area contributed by atoms with Crippen molar-refractivity contribution >= 4 is 16.8 Å². The minimum absolute atomic E-state index is 0.0190. The molecular weight excluding hydrogens is 344 g/mol. The smallest absolute Gasteiger partial charge is 0.238 e. The van der Waals surface area contributed by atoms with Crippen LogP contribution >= 0.6 is 0 Å². The second-order valence-corrected chi connectivity index (χ2v) is 5.58. The van der Waals surface area contributed by atoms with Crippen LogP contribution in [0.15, 0.2) is 33.5 Å². The van der Waals surface area contributed by atoms with Crippen molar-refractivity contribution < 1.29 is 34.7 Å². The molecule has 0 aliphatic carbocycles. The van der Waals surface area contributed by atoms with Crippen molar-refractivity contribution in [3.05, 3.63) is 40.1 Å². The fourth-order valence-electron chi connectivity index (χ4n) is 2.62. The number of ketones is 1. The topological polar surface area (TPSA) is 148 Å². The van der Waals surface area contributed by atoms with Crippen molar-refractivity contribution in [1.82, 2.24) is 0 Å². The van der Waals surface area contributed by atoms with Gasteiger partial charge in [-0.25, -0.2) is 0 Å². The number of hydrogen-bond acceptors (Lipinski definition) is 8. The van der Waals surface area contributed by atoms with Gasteiger partial charge in [0.15, 0.2) is 23.0 Å². The second-order valence-electron chi connectivity index (χ2n) is 5.58. The molecule has 26 heavy (non-hydrogen) atoms. The number of hydrogen-bond donors (Lipinski definition) is 5. The zero-order valence-corrected chi connectivity index (χ0v) is 13.5. The monoisotopic (exact) mass is 358 g/mol. The van der Waals surface area contributed by atoms with E-state index in [0.717, 1.165) is 18.2 Å². The lowest BCUT2D eigenvalue weighted by molar-refractivity contribution is 0.0983. The van der Waals surface area contributed by atoms with E-state index in [-0.39, 0.29) is 23.3 Å². The van der Waals surface area contributed by atoms with Crippen LogP contribution in [0.1, 0.15) is 23.7 Å². The summed E-state index contributed by atoms with van der Waals surface area (Å²) >= 11 is 0. The minimum Gasteiger partial charge on any atom is -0.507 e. The number of carbonyl (C=O) groups is 1. The number of Topliss-reactive ketones (excluding diaryl/α,β-unsaturated/α-hetero) is 1. The number of benzene rings is 2. The highest BCUT2D eigenvalue weighted by Crippen LogP contribution is 2.40. The number of carbonyl (C=O) groups excluding carboxylic acids is 1. The summed E-state index contributed by atoms with van der Waals surface area (Å²) in [6.45, 7) is 1.52. The van der Waals surface area contributed by atoms with Crippen LogP contribution in [0.2, 0.25) is 0 Å². The van der Waals surface area contributed by atoms with Crippen molar-refractivity contribution in [3.63, 3.8) is 0 Å². The van der Waals surface area contributed by atoms with Crippen molar-refractivity contribution in [1.29, 1.82) is 0 Å². The number of phenols is 4. The molecule has 0 radical (unpaired) electrons. The predicted molar refractivity (Wildman–Crippen MR) is 90.9 cm³/mol. The standard InChI is InChI=1S/C18H14O8/c1-2-8(19)13-11(22)6-12-14(15(13)23)16(24)17(25)18(26-12)7-3-4-9(20)10(21)5-7/h3-6,20-23,25H,2H2,1H3. The van der Waals surface area contributed by atoms with E-state index in [4.69, 9.17) is 4.42 Å². The lowest BCUT2D eigenvalue weighted by atomic mass is 10.0. The van der Waals surface area contributed by atoms with Gasteiger partial charge in [-0.1, -0.05) is 6.92 Å². The summed E-state index contributed by atoms with van der Waals surface area (Å²) < 4.78 is 5.41. The lowest BCUT2D eigenvalue weighted by Crippen LogP contribution is -2.06. The number of aromatic hydroxyl groups is 5. The van der Waals surface area contributed by atoms with Crippen LogP contribution in [0.5, 0.6) is 28.7 Å². The van der Waals surface area contributed by atoms with Gasteiger partial charge in [-0.3, -0.25) is 9.59 Å². The van der Waals surface area contributed by atoms with E-state index in [0.29, 0.717) is 0 Å². The molecule has 0 saturated carbocycles. The summed E-state index contributed by atoms with van der Waals surface area (Å²) in [6.07, 6.45) is -0.0190. The molecule has 0 bridgehead atoms. The third-order valence-electron chi connectivity index (χ3n) is 3.95. The van der Waals surface area contributed by atoms with E-state index >= 15 is 0 Å². The maximum Gasteiger partial charge on any atom is 0.238 e. The van der Waals surface area contributed by atoms with Crippen LogP contribution in [-0.2, 0) is 0 Å². The average molecular weight is 358 g/mol. The molecule has 0 unspecified atom stereocenters. The molecule has 1 heterocycles. The van der Waals surface area contributed by atoms with Crippen LogP contribution in [-0.4, -0.2) is 31.3 Å². The molecule has 8 nitrogen and oxygen atoms in total. The third kappa shape index (κ3) is 2.48. The fourth-order valence-corrected chi connectivity index (χ4v) is 2.62. The average Bonchev–Trinajstić information content (AvgIpc) is 2.59. The van der Waals surface area contributed by atoms with E-state index in [9.17, 15) is 35.1 Å². The Hall–Kier alpha value is -3.68. The summed E-state index contributed by atoms with van der Waals surface area (Å²) in [6, 6.07) is 4.47. The number of phenolic OH excluding ortho intramolecular Hbond substituents is 4. The summed E-state index contributed by atoms with van der Waals surface area (Å²) in [5.74, 6) is -4.06. The van der Waals surface area contributed by atoms with E-state index in [1.807, 2.05) is 0 Å². The van der Waals surface area contributed by atoms with Gasteiger partial charge < -0.3 is 29.9 Å². The summed E-state index contributed by atoms with van der Waals surface area (Å²) in [5.41, 5.74) is -1.64. The first-order valence-corrected chi connectivity index (χ1v) is 7.56. The molecule has 5 N–H and O–H groups in total. The van der Waals surface area contributed by atoms with Gasteiger partial charge in [-0.15, -0.1) is 0 Å². The molecule has 3 rings (SSSR count). The normalized spacial score (nSPS) is 11.0. The molecule has 134 valence electrons. The van der Waals surface area contributed by atoms with E-state index in [1.54, 1.807) is 0 Å². The molecule has 0 amide bonds. The molecule has 3 aromatic rings. The zero-order chi connectivity index (χ0) is 19.2. The lowest BCUT2D eigenvalue weighted by Gasteiger charge is -2.11. The third-order valence-corrected chi connectivity index (χ3v) is 3.95. The molecule has 0 aliphatic rings. The van der Waals surface area contributed by atoms with Crippen molar-refractivity contribution in [3.8, 4) is 40.1 Å². The molecule has 0 spiro atoms. The Labute approximate surface area is 145 Å². The number of rotatable bonds is 3. The Bertz CT molecular complexity index is 1110. The van der Waals surface area contributed by atoms with Crippen LogP contribution in [0, 0.1) is 0 Å². The molecule has 1 aromatic heterocycles. The quantitative estimate of drug-likeness (QED) is 0.354. The van der Waals surface area contributed by atoms with Gasteiger partial charge in [0.1, 0.15) is 28.0 Å². The van der Waals surface area contributed by atoms with Gasteiger partial charge in [0.05, 0.1) is 0 Å². The molecule has 0 aliphatic heterocycles. The van der Waals surface area contributed by atoms with E-state index < -0.39 is 50.9 Å². The Morgan fingerprint density at radius 1 is 0.962 bits per heavy atom. The summed E-state index contributed by atoms with van der Waals surface area (Å²) in [4.78, 5) is 24.4. The molecule has 0 fully saturated rings. The largest absolute Gasteiger partial charge is 0.507 e. The van der Waals surface area contributed by atoms with Crippen molar-refractivity contribution in [2.75, 3.05) is 0 Å². The van der Waals surface area contributed by atoms with E-state index in [2.05, 4.69) is 0 Å². The first kappa shape index (κ1) is 17.2. The van der Waals surface area contributed by atoms with Crippen molar-refractivity contribution in [2.45, 2.75) is 13.3 Å². The second kappa shape index (κ2) is 5.99. The Balaban J connectivity index is 2.37. The number of fused-ring (bicyclic) bond motifs is 1. The minimum atomic E-state index is -1.02. The first-order chi connectivity index (χ1) is 12.3. The van der Waals surface area contributed by atoms with Gasteiger partial charge in [0, 0.05) is 18.1 Å². The Kier molecular flexibility index (Phi) is 3.96. The highest BCUT2D eigenvalue weighted by Gasteiger charge is 2.24. The molecule has 2 aromatic carbocycles. The Morgan fingerprint density at radius 2 is 1.65 bits per heavy atom. The molecular formula is C18H14O8. The van der Waals surface area contributed by atoms with Crippen LogP contribution < -0.4 is 5.43 Å². The van der Waals surface area contributed by atoms with Crippen LogP contribution in [0.25, 0.3) is 22.3 Å². The van der Waals surface area contributed by atoms with Gasteiger partial charge in [0.25, 0.3) is 0 Å². The summed E-state index contributed by atoms with van der Waals surface area (Å²) in [5, 5.41) is 48.9. The Morgan fingerprint density at radius 3 is 2.27 bits per heavy atom. The highest BCUT2D eigenvalue weighted by atomic mass is 16.4. The molecule has 0 atom stereocenters. The van der Waals surface area contributed by atoms with E-state index in [1.165, 1.54) is 13.0 Å². The molecule has 0 saturated heterocycles. The first-order valence-electron chi connectivity index (χ1n) is 7.56. The SMILES string of the molecule is CCC(=O)c1c(O)cc2oc(-c3ccc(O)c(O)c3)c(O)c(=O)c2c1O. The molecule has 8 heteroatoms. The fraction of sp³-hybridized carbons (Fsp3) is 0.111. The van der Waals surface area contributed by atoms with Crippen molar-refractivity contribution in [2.24, 2.45) is 0 Å². The van der Waals surface area contributed by atoms with Crippen LogP contribution in [0.4, 0.5) is 0 Å². The van der Waals surface area contributed by atoms with Gasteiger partial charge in [0.2, 0.25) is 11.2 Å². The van der Waals surface area contributed by atoms with Gasteiger partial charge in [-0.2, -0.15) is 0 Å². The maximum atomic E-state index is 12.5. The zero-order valence-electron chi connectivity index (χ0n) is 13.5. The maximum absolute atomic E-state index is 12.5. The van der Waals surface area contributed by atoms with Gasteiger partial charge in [-0.05, 0) is 18.2 Å². The summed E-state index contributed by atoms with van der Waals surface area (Å²) in [7, 11) is 0. The predicted octanol–water partition coefficient (Wildman–Crippen LogP) is 2.58. The highest BCUT2D eigenvalue weighted by molar-refractivity contribution is 6.06. The van der Waals surface area contributed by atoms with Gasteiger partial charge >= 0.3 is 0 Å².